The molecule has 3 aliphatic heterocycles. The molecule has 0 unspecified atom stereocenters. The van der Waals surface area contributed by atoms with Gasteiger partial charge in [-0.3, -0.25) is 14.6 Å². The third kappa shape index (κ3) is 4.55. The van der Waals surface area contributed by atoms with Crippen LogP contribution < -0.4 is 4.90 Å². The summed E-state index contributed by atoms with van der Waals surface area (Å²) >= 11 is 0. The summed E-state index contributed by atoms with van der Waals surface area (Å²) in [6, 6.07) is 18.5. The van der Waals surface area contributed by atoms with Crippen LogP contribution in [0.15, 0.2) is 71.8 Å². The molecule has 0 saturated carbocycles. The second-order valence-corrected chi connectivity index (χ2v) is 12.5. The number of anilines is 1. The lowest BCUT2D eigenvalue weighted by molar-refractivity contribution is -0.141. The Kier molecular flexibility index (Phi) is 6.76. The number of fused-ring (bicyclic) bond motifs is 1. The molecule has 2 amide bonds. The van der Waals surface area contributed by atoms with Crippen molar-refractivity contribution in [3.05, 3.63) is 66.9 Å². The summed E-state index contributed by atoms with van der Waals surface area (Å²) < 4.78 is 29.0. The van der Waals surface area contributed by atoms with E-state index in [0.29, 0.717) is 25.0 Å². The number of carbonyl (C=O) groups excluding carboxylic acids is 2. The van der Waals surface area contributed by atoms with Gasteiger partial charge in [-0.15, -0.1) is 0 Å². The highest BCUT2D eigenvalue weighted by atomic mass is 32.2. The van der Waals surface area contributed by atoms with Crippen molar-refractivity contribution in [2.75, 3.05) is 44.3 Å². The number of rotatable bonds is 5. The smallest absolute Gasteiger partial charge is 0.250 e. The zero-order valence-corrected chi connectivity index (χ0v) is 22.7. The van der Waals surface area contributed by atoms with Crippen molar-refractivity contribution < 1.29 is 18.0 Å². The topological polar surface area (TPSA) is 94.1 Å². The zero-order valence-electron chi connectivity index (χ0n) is 21.9. The monoisotopic (exact) mass is 547 g/mol. The van der Waals surface area contributed by atoms with Gasteiger partial charge < -0.3 is 14.7 Å². The highest BCUT2D eigenvalue weighted by Crippen LogP contribution is 2.41. The Bertz CT molecular complexity index is 1480. The summed E-state index contributed by atoms with van der Waals surface area (Å²) in [5.41, 5.74) is 0.450. The van der Waals surface area contributed by atoms with Crippen LogP contribution in [0.3, 0.4) is 0 Å². The summed E-state index contributed by atoms with van der Waals surface area (Å²) in [5, 5.41) is 0.766. The lowest BCUT2D eigenvalue weighted by Gasteiger charge is -2.42. The predicted octanol–water partition coefficient (Wildman–Crippen LogP) is 3.08. The van der Waals surface area contributed by atoms with Gasteiger partial charge in [-0.2, -0.15) is 4.31 Å². The van der Waals surface area contributed by atoms with E-state index in [4.69, 9.17) is 0 Å². The van der Waals surface area contributed by atoms with Gasteiger partial charge in [-0.1, -0.05) is 36.4 Å². The van der Waals surface area contributed by atoms with Gasteiger partial charge in [0.25, 0.3) is 0 Å². The minimum absolute atomic E-state index is 0.0171. The number of hydrogen-bond acceptors (Lipinski definition) is 6. The van der Waals surface area contributed by atoms with Crippen LogP contribution >= 0.6 is 0 Å². The maximum atomic E-state index is 14.0. The first-order valence-electron chi connectivity index (χ1n) is 13.6. The Morgan fingerprint density at radius 1 is 0.872 bits per heavy atom. The van der Waals surface area contributed by atoms with E-state index < -0.39 is 15.6 Å². The molecule has 9 nitrogen and oxygen atoms in total. The average molecular weight is 548 g/mol. The van der Waals surface area contributed by atoms with Crippen LogP contribution in [0.2, 0.25) is 0 Å². The number of nitrogens with zero attached hydrogens (tertiary/aromatic N) is 5. The molecule has 3 saturated heterocycles. The maximum absolute atomic E-state index is 14.0. The highest BCUT2D eigenvalue weighted by Gasteiger charge is 2.55. The van der Waals surface area contributed by atoms with Gasteiger partial charge in [-0.05, 0) is 56.4 Å². The molecule has 1 spiro atoms. The summed E-state index contributed by atoms with van der Waals surface area (Å²) in [5.74, 6) is -0.114. The fourth-order valence-electron chi connectivity index (χ4n) is 6.25. The number of para-hydroxylation sites is 2. The summed E-state index contributed by atoms with van der Waals surface area (Å²) in [6.07, 6.45) is 5.40. The molecule has 0 radical (unpaired) electrons. The van der Waals surface area contributed by atoms with E-state index in [1.165, 1.54) is 4.31 Å². The Labute approximate surface area is 229 Å². The molecule has 3 aromatic rings. The molecular formula is C29H33N5O4S. The minimum atomic E-state index is -3.81. The van der Waals surface area contributed by atoms with Gasteiger partial charge in [-0.25, -0.2) is 8.42 Å². The SMILES string of the molecule is O=C(CN1CN(c2ccccc2)C2(CCN(S(=O)(=O)c3cccc4cccnc34)CC2)C1=O)N1CCCCC1. The van der Waals surface area contributed by atoms with Crippen molar-refractivity contribution in [2.24, 2.45) is 0 Å². The summed E-state index contributed by atoms with van der Waals surface area (Å²) in [6.45, 7) is 2.24. The van der Waals surface area contributed by atoms with Crippen molar-refractivity contribution in [1.82, 2.24) is 19.1 Å². The second-order valence-electron chi connectivity index (χ2n) is 10.6. The Balaban J connectivity index is 1.26. The van der Waals surface area contributed by atoms with Crippen LogP contribution in [0.25, 0.3) is 10.9 Å². The van der Waals surface area contributed by atoms with E-state index in [1.807, 2.05) is 47.4 Å². The van der Waals surface area contributed by atoms with Crippen LogP contribution in [0.1, 0.15) is 32.1 Å². The number of likely N-dealkylation sites (tertiary alicyclic amines) is 1. The first-order valence-corrected chi connectivity index (χ1v) is 15.1. The van der Waals surface area contributed by atoms with Crippen molar-refractivity contribution >= 4 is 38.4 Å². The van der Waals surface area contributed by atoms with E-state index in [2.05, 4.69) is 9.88 Å². The first kappa shape index (κ1) is 25.8. The molecule has 2 aromatic carbocycles. The van der Waals surface area contributed by atoms with Crippen LogP contribution in [0, 0.1) is 0 Å². The molecule has 0 bridgehead atoms. The zero-order chi connectivity index (χ0) is 27.0. The Morgan fingerprint density at radius 3 is 2.33 bits per heavy atom. The van der Waals surface area contributed by atoms with Gasteiger partial charge in [0.1, 0.15) is 17.0 Å². The molecule has 4 heterocycles. The molecule has 10 heteroatoms. The molecule has 39 heavy (non-hydrogen) atoms. The predicted molar refractivity (Wildman–Crippen MR) is 148 cm³/mol. The van der Waals surface area contributed by atoms with Gasteiger partial charge in [0, 0.05) is 43.4 Å². The van der Waals surface area contributed by atoms with Gasteiger partial charge >= 0.3 is 0 Å². The Hall–Kier alpha value is -3.50. The lowest BCUT2D eigenvalue weighted by Crippen LogP contribution is -2.57. The molecular weight excluding hydrogens is 514 g/mol. The number of sulfonamides is 1. The standard InChI is InChI=1S/C29H33N5O4S/c35-26(31-17-5-2-6-18-31)21-32-22-34(24-11-3-1-4-12-24)29(28(32)36)14-19-33(20-15-29)39(37,38)25-13-7-9-23-10-8-16-30-27(23)25/h1,3-4,7-13,16H,2,5-6,14-15,17-22H2. The minimum Gasteiger partial charge on any atom is -0.341 e. The van der Waals surface area contributed by atoms with E-state index >= 15 is 0 Å². The highest BCUT2D eigenvalue weighted by molar-refractivity contribution is 7.89. The number of pyridine rings is 1. The van der Waals surface area contributed by atoms with Crippen LogP contribution in [0.4, 0.5) is 5.69 Å². The quantitative estimate of drug-likeness (QED) is 0.487. The number of hydrogen-bond donors (Lipinski definition) is 0. The van der Waals surface area contributed by atoms with Crippen molar-refractivity contribution in [3.63, 3.8) is 0 Å². The molecule has 0 aliphatic carbocycles. The molecule has 3 fully saturated rings. The maximum Gasteiger partial charge on any atom is 0.250 e. The van der Waals surface area contributed by atoms with E-state index in [1.54, 1.807) is 29.3 Å². The van der Waals surface area contributed by atoms with Crippen molar-refractivity contribution in [2.45, 2.75) is 42.5 Å². The van der Waals surface area contributed by atoms with Crippen molar-refractivity contribution in [3.8, 4) is 0 Å². The van der Waals surface area contributed by atoms with Crippen LogP contribution in [-0.4, -0.2) is 84.3 Å². The van der Waals surface area contributed by atoms with E-state index in [-0.39, 0.29) is 36.3 Å². The fourth-order valence-corrected chi connectivity index (χ4v) is 7.86. The third-order valence-corrected chi connectivity index (χ3v) is 10.3. The van der Waals surface area contributed by atoms with Gasteiger partial charge in [0.15, 0.2) is 0 Å². The second kappa shape index (κ2) is 10.2. The molecule has 6 rings (SSSR count). The molecule has 0 N–H and O–H groups in total. The van der Waals surface area contributed by atoms with Gasteiger partial charge in [0.05, 0.1) is 12.2 Å². The van der Waals surface area contributed by atoms with Gasteiger partial charge in [0.2, 0.25) is 21.8 Å². The number of piperidine rings is 2. The Morgan fingerprint density at radius 2 is 1.59 bits per heavy atom. The fraction of sp³-hybridized carbons (Fsp3) is 0.414. The number of benzene rings is 2. The lowest BCUT2D eigenvalue weighted by atomic mass is 9.86. The van der Waals surface area contributed by atoms with E-state index in [9.17, 15) is 18.0 Å². The number of carbonyl (C=O) groups is 2. The molecule has 204 valence electrons. The molecule has 3 aliphatic rings. The van der Waals surface area contributed by atoms with Crippen molar-refractivity contribution in [1.29, 1.82) is 0 Å². The third-order valence-electron chi connectivity index (χ3n) is 8.38. The number of amides is 2. The average Bonchev–Trinajstić information content (AvgIpc) is 3.24. The number of aromatic nitrogens is 1. The first-order chi connectivity index (χ1) is 18.9. The summed E-state index contributed by atoms with van der Waals surface area (Å²) in [7, 11) is -3.81. The normalized spacial score (nSPS) is 20.2. The molecule has 0 atom stereocenters. The van der Waals surface area contributed by atoms with Crippen LogP contribution in [0.5, 0.6) is 0 Å². The van der Waals surface area contributed by atoms with Crippen LogP contribution in [-0.2, 0) is 19.6 Å². The largest absolute Gasteiger partial charge is 0.341 e. The molecule has 1 aromatic heterocycles. The summed E-state index contributed by atoms with van der Waals surface area (Å²) in [4.78, 5) is 37.2. The van der Waals surface area contributed by atoms with E-state index in [0.717, 1.165) is 43.4 Å².